The van der Waals surface area contributed by atoms with Gasteiger partial charge < -0.3 is 15.8 Å². The second-order valence-electron chi connectivity index (χ2n) is 4.30. The molecule has 0 heterocycles. The zero-order chi connectivity index (χ0) is 14.5. The summed E-state index contributed by atoms with van der Waals surface area (Å²) in [6.45, 7) is 1.58. The predicted octanol–water partition coefficient (Wildman–Crippen LogP) is 2.81. The van der Waals surface area contributed by atoms with Crippen molar-refractivity contribution in [2.45, 2.75) is 13.0 Å². The van der Waals surface area contributed by atoms with Crippen molar-refractivity contribution in [1.29, 1.82) is 0 Å². The first-order chi connectivity index (χ1) is 9.56. The fraction of sp³-hybridized carbons (Fsp3) is 0.133. The molecule has 0 aliphatic rings. The van der Waals surface area contributed by atoms with Crippen LogP contribution in [0.2, 0.25) is 0 Å². The van der Waals surface area contributed by atoms with Crippen molar-refractivity contribution in [3.63, 3.8) is 0 Å². The molecule has 0 radical (unpaired) electrons. The molecule has 0 unspecified atom stereocenters. The molecule has 1 amide bonds. The number of hydrogen-bond donors (Lipinski definition) is 2. The third-order valence-electron chi connectivity index (χ3n) is 2.67. The lowest BCUT2D eigenvalue weighted by Crippen LogP contribution is -2.30. The number of hydrogen-bond acceptors (Lipinski definition) is 3. The summed E-state index contributed by atoms with van der Waals surface area (Å²) in [6, 6.07) is 12.7. The monoisotopic (exact) mass is 274 g/mol. The quantitative estimate of drug-likeness (QED) is 0.843. The largest absolute Gasteiger partial charge is 0.481 e. The zero-order valence-corrected chi connectivity index (χ0v) is 11.0. The van der Waals surface area contributed by atoms with Gasteiger partial charge in [0, 0.05) is 11.8 Å². The maximum absolute atomic E-state index is 13.4. The number of benzene rings is 2. The lowest BCUT2D eigenvalue weighted by Gasteiger charge is -2.15. The van der Waals surface area contributed by atoms with Crippen molar-refractivity contribution in [3.05, 3.63) is 54.3 Å². The first-order valence-corrected chi connectivity index (χ1v) is 6.14. The molecule has 0 fully saturated rings. The Morgan fingerprint density at radius 1 is 1.25 bits per heavy atom. The van der Waals surface area contributed by atoms with Gasteiger partial charge in [-0.15, -0.1) is 0 Å². The lowest BCUT2D eigenvalue weighted by molar-refractivity contribution is -0.122. The Kier molecular flexibility index (Phi) is 4.20. The fourth-order valence-electron chi connectivity index (χ4n) is 1.64. The van der Waals surface area contributed by atoms with E-state index in [-0.39, 0.29) is 5.69 Å². The van der Waals surface area contributed by atoms with E-state index in [0.29, 0.717) is 11.4 Å². The highest BCUT2D eigenvalue weighted by molar-refractivity contribution is 5.94. The molecule has 2 aromatic carbocycles. The van der Waals surface area contributed by atoms with Crippen molar-refractivity contribution < 1.29 is 13.9 Å². The third kappa shape index (κ3) is 3.47. The van der Waals surface area contributed by atoms with Gasteiger partial charge in [0.05, 0.1) is 5.69 Å². The first-order valence-electron chi connectivity index (χ1n) is 6.14. The highest BCUT2D eigenvalue weighted by atomic mass is 19.1. The van der Waals surface area contributed by atoms with E-state index in [1.54, 1.807) is 43.3 Å². The number of anilines is 2. The highest BCUT2D eigenvalue weighted by Crippen LogP contribution is 2.17. The molecule has 2 rings (SSSR count). The molecule has 3 N–H and O–H groups in total. The molecule has 4 nitrogen and oxygen atoms in total. The molecule has 0 aromatic heterocycles. The van der Waals surface area contributed by atoms with Gasteiger partial charge in [-0.25, -0.2) is 4.39 Å². The van der Waals surface area contributed by atoms with E-state index in [4.69, 9.17) is 10.5 Å². The number of carbonyl (C=O) groups is 1. The van der Waals surface area contributed by atoms with Gasteiger partial charge in [-0.2, -0.15) is 0 Å². The number of rotatable bonds is 4. The molecule has 1 atom stereocenters. The molecule has 104 valence electrons. The molecule has 0 saturated carbocycles. The molecule has 0 spiro atoms. The number of para-hydroxylation sites is 1. The lowest BCUT2D eigenvalue weighted by atomic mass is 10.2. The third-order valence-corrected chi connectivity index (χ3v) is 2.67. The van der Waals surface area contributed by atoms with E-state index >= 15 is 0 Å². The molecule has 5 heteroatoms. The Morgan fingerprint density at radius 3 is 2.70 bits per heavy atom. The summed E-state index contributed by atoms with van der Waals surface area (Å²) in [7, 11) is 0. The van der Waals surface area contributed by atoms with Crippen LogP contribution in [0.5, 0.6) is 5.75 Å². The van der Waals surface area contributed by atoms with Crippen molar-refractivity contribution in [2.75, 3.05) is 11.1 Å². The van der Waals surface area contributed by atoms with Gasteiger partial charge in [0.2, 0.25) is 0 Å². The summed E-state index contributed by atoms with van der Waals surface area (Å²) in [5.41, 5.74) is 6.29. The van der Waals surface area contributed by atoms with Gasteiger partial charge in [-0.1, -0.05) is 18.2 Å². The predicted molar refractivity (Wildman–Crippen MR) is 76.0 cm³/mol. The standard InChI is InChI=1S/C15H15FN2O2/c1-10(20-12-6-4-5-11(17)9-12)15(19)18-14-8-3-2-7-13(14)16/h2-10H,17H2,1H3,(H,18,19)/t10-/m1/s1. The maximum Gasteiger partial charge on any atom is 0.265 e. The Balaban J connectivity index is 2.01. The van der Waals surface area contributed by atoms with Gasteiger partial charge in [-0.05, 0) is 31.2 Å². The number of ether oxygens (including phenoxy) is 1. The van der Waals surface area contributed by atoms with Gasteiger partial charge in [0.15, 0.2) is 6.10 Å². The van der Waals surface area contributed by atoms with Gasteiger partial charge in [0.1, 0.15) is 11.6 Å². The van der Waals surface area contributed by atoms with Crippen LogP contribution in [0.25, 0.3) is 0 Å². The topological polar surface area (TPSA) is 64.3 Å². The number of nitrogens with one attached hydrogen (secondary N) is 1. The summed E-state index contributed by atoms with van der Waals surface area (Å²) < 4.78 is 18.9. The van der Waals surface area contributed by atoms with E-state index in [1.807, 2.05) is 0 Å². The van der Waals surface area contributed by atoms with Crippen LogP contribution >= 0.6 is 0 Å². The van der Waals surface area contributed by atoms with E-state index in [1.165, 1.54) is 12.1 Å². The van der Waals surface area contributed by atoms with E-state index in [0.717, 1.165) is 0 Å². The molecule has 2 aromatic rings. The maximum atomic E-state index is 13.4. The van der Waals surface area contributed by atoms with Crippen LogP contribution in [-0.4, -0.2) is 12.0 Å². The Hall–Kier alpha value is -2.56. The molecular weight excluding hydrogens is 259 g/mol. The van der Waals surface area contributed by atoms with E-state index in [9.17, 15) is 9.18 Å². The van der Waals surface area contributed by atoms with Crippen molar-refractivity contribution in [3.8, 4) is 5.75 Å². The van der Waals surface area contributed by atoms with Crippen LogP contribution in [0.15, 0.2) is 48.5 Å². The Bertz CT molecular complexity index is 616. The van der Waals surface area contributed by atoms with Crippen LogP contribution in [0.3, 0.4) is 0 Å². The van der Waals surface area contributed by atoms with Crippen LogP contribution in [-0.2, 0) is 4.79 Å². The summed E-state index contributed by atoms with van der Waals surface area (Å²) in [4.78, 5) is 11.9. The second kappa shape index (κ2) is 6.06. The first kappa shape index (κ1) is 13.9. The summed E-state index contributed by atoms with van der Waals surface area (Å²) >= 11 is 0. The fourth-order valence-corrected chi connectivity index (χ4v) is 1.64. The molecule has 0 saturated heterocycles. The zero-order valence-electron chi connectivity index (χ0n) is 11.0. The number of halogens is 1. The SMILES string of the molecule is C[C@@H](Oc1cccc(N)c1)C(=O)Nc1ccccc1F. The summed E-state index contributed by atoms with van der Waals surface area (Å²) in [6.07, 6.45) is -0.767. The van der Waals surface area contributed by atoms with Gasteiger partial charge >= 0.3 is 0 Å². The average Bonchev–Trinajstić information content (AvgIpc) is 2.41. The number of amides is 1. The molecule has 0 aliphatic carbocycles. The summed E-state index contributed by atoms with van der Waals surface area (Å²) in [5, 5.41) is 2.47. The molecular formula is C15H15FN2O2. The van der Waals surface area contributed by atoms with E-state index in [2.05, 4.69) is 5.32 Å². The Morgan fingerprint density at radius 2 is 2.00 bits per heavy atom. The minimum Gasteiger partial charge on any atom is -0.481 e. The second-order valence-corrected chi connectivity index (χ2v) is 4.30. The minimum absolute atomic E-state index is 0.125. The number of nitrogen functional groups attached to an aromatic ring is 1. The van der Waals surface area contributed by atoms with Crippen molar-refractivity contribution in [1.82, 2.24) is 0 Å². The van der Waals surface area contributed by atoms with E-state index < -0.39 is 17.8 Å². The van der Waals surface area contributed by atoms with Crippen molar-refractivity contribution >= 4 is 17.3 Å². The van der Waals surface area contributed by atoms with Crippen LogP contribution in [0.4, 0.5) is 15.8 Å². The van der Waals surface area contributed by atoms with Gasteiger partial charge in [0.25, 0.3) is 5.91 Å². The van der Waals surface area contributed by atoms with Crippen LogP contribution in [0.1, 0.15) is 6.92 Å². The summed E-state index contributed by atoms with van der Waals surface area (Å²) in [5.74, 6) is -0.435. The molecule has 20 heavy (non-hydrogen) atoms. The Labute approximate surface area is 116 Å². The van der Waals surface area contributed by atoms with Crippen molar-refractivity contribution in [2.24, 2.45) is 0 Å². The smallest absolute Gasteiger partial charge is 0.265 e. The number of carbonyl (C=O) groups excluding carboxylic acids is 1. The van der Waals surface area contributed by atoms with Crippen LogP contribution in [0, 0.1) is 5.82 Å². The van der Waals surface area contributed by atoms with Crippen LogP contribution < -0.4 is 15.8 Å². The average molecular weight is 274 g/mol. The van der Waals surface area contributed by atoms with Gasteiger partial charge in [-0.3, -0.25) is 4.79 Å². The molecule has 0 aliphatic heterocycles. The molecule has 0 bridgehead atoms. The minimum atomic E-state index is -0.767. The number of nitrogens with two attached hydrogens (primary N) is 1. The highest BCUT2D eigenvalue weighted by Gasteiger charge is 2.16. The normalized spacial score (nSPS) is 11.7.